The Hall–Kier alpha value is -1.13. The van der Waals surface area contributed by atoms with E-state index in [4.69, 9.17) is 9.47 Å². The first kappa shape index (κ1) is 13.3. The van der Waals surface area contributed by atoms with Gasteiger partial charge in [-0.3, -0.25) is 4.79 Å². The number of carbonyl (C=O) groups excluding carboxylic acids is 1. The Labute approximate surface area is 107 Å². The Morgan fingerprint density at radius 2 is 2.17 bits per heavy atom. The highest BCUT2D eigenvalue weighted by atomic mass is 16.5. The highest BCUT2D eigenvalue weighted by molar-refractivity contribution is 5.70. The summed E-state index contributed by atoms with van der Waals surface area (Å²) < 4.78 is 10.9. The predicted octanol–water partition coefficient (Wildman–Crippen LogP) is 1.73. The first-order chi connectivity index (χ1) is 8.65. The number of esters is 1. The van der Waals surface area contributed by atoms with Crippen LogP contribution in [0.15, 0.2) is 24.3 Å². The molecule has 0 fully saturated rings. The molecule has 100 valence electrons. The van der Waals surface area contributed by atoms with Crippen LogP contribution in [0.1, 0.15) is 32.6 Å². The van der Waals surface area contributed by atoms with Crippen molar-refractivity contribution in [3.63, 3.8) is 0 Å². The summed E-state index contributed by atoms with van der Waals surface area (Å²) in [6, 6.07) is 0. The summed E-state index contributed by atoms with van der Waals surface area (Å²) in [6.45, 7) is 1.90. The molecule has 0 saturated carbocycles. The minimum atomic E-state index is -0.736. The van der Waals surface area contributed by atoms with Gasteiger partial charge in [-0.15, -0.1) is 0 Å². The minimum absolute atomic E-state index is 0.0719. The molecule has 4 heteroatoms. The predicted molar refractivity (Wildman–Crippen MR) is 67.0 cm³/mol. The quantitative estimate of drug-likeness (QED) is 0.527. The van der Waals surface area contributed by atoms with E-state index in [-0.39, 0.29) is 24.6 Å². The van der Waals surface area contributed by atoms with Gasteiger partial charge in [0.05, 0.1) is 30.8 Å². The number of ether oxygens (including phenoxy) is 2. The van der Waals surface area contributed by atoms with Crippen molar-refractivity contribution in [2.45, 2.75) is 57.0 Å². The third-order valence-corrected chi connectivity index (χ3v) is 3.22. The summed E-state index contributed by atoms with van der Waals surface area (Å²) >= 11 is 0. The molecule has 0 radical (unpaired) electrons. The molecule has 0 aromatic heterocycles. The van der Waals surface area contributed by atoms with Gasteiger partial charge in [0.15, 0.2) is 0 Å². The molecule has 0 amide bonds. The summed E-state index contributed by atoms with van der Waals surface area (Å²) in [7, 11) is 0. The van der Waals surface area contributed by atoms with E-state index < -0.39 is 12.2 Å². The lowest BCUT2D eigenvalue weighted by Crippen LogP contribution is -2.37. The molecule has 2 aliphatic heterocycles. The topological polar surface area (TPSA) is 55.8 Å². The number of fused-ring (bicyclic) bond motifs is 2. The van der Waals surface area contributed by atoms with Crippen LogP contribution in [0.4, 0.5) is 0 Å². The number of aliphatic hydroxyl groups excluding tert-OH is 1. The van der Waals surface area contributed by atoms with E-state index in [0.717, 1.165) is 19.3 Å². The molecule has 4 atom stereocenters. The van der Waals surface area contributed by atoms with Gasteiger partial charge in [-0.2, -0.15) is 0 Å². The fourth-order valence-corrected chi connectivity index (χ4v) is 2.20. The maximum absolute atomic E-state index is 11.7. The molecule has 0 spiro atoms. The molecule has 2 aliphatic rings. The molecule has 2 heterocycles. The van der Waals surface area contributed by atoms with Crippen molar-refractivity contribution >= 4 is 5.97 Å². The van der Waals surface area contributed by atoms with Gasteiger partial charge in [0, 0.05) is 0 Å². The normalized spacial score (nSPS) is 39.3. The molecule has 2 rings (SSSR count). The Morgan fingerprint density at radius 3 is 3.00 bits per heavy atom. The maximum atomic E-state index is 11.7. The zero-order valence-electron chi connectivity index (χ0n) is 10.6. The molecule has 18 heavy (non-hydrogen) atoms. The number of allylic oxidation sites excluding steroid dienone is 1. The van der Waals surface area contributed by atoms with Crippen molar-refractivity contribution in [3.05, 3.63) is 24.3 Å². The second kappa shape index (κ2) is 6.16. The average molecular weight is 252 g/mol. The van der Waals surface area contributed by atoms with Crippen LogP contribution in [0, 0.1) is 0 Å². The molecule has 0 saturated heterocycles. The smallest absolute Gasteiger partial charge is 0.308 e. The van der Waals surface area contributed by atoms with Crippen LogP contribution in [-0.2, 0) is 14.3 Å². The summed E-state index contributed by atoms with van der Waals surface area (Å²) in [6.07, 6.45) is 9.00. The summed E-state index contributed by atoms with van der Waals surface area (Å²) in [4.78, 5) is 11.7. The number of hydrogen-bond acceptors (Lipinski definition) is 4. The Balaban J connectivity index is 2.08. The highest BCUT2D eigenvalue weighted by Crippen LogP contribution is 2.19. The van der Waals surface area contributed by atoms with Gasteiger partial charge in [0.25, 0.3) is 0 Å². The molecule has 0 aromatic rings. The van der Waals surface area contributed by atoms with E-state index in [1.54, 1.807) is 6.08 Å². The van der Waals surface area contributed by atoms with Crippen LogP contribution in [0.3, 0.4) is 0 Å². The molecule has 0 unspecified atom stereocenters. The van der Waals surface area contributed by atoms with E-state index in [2.05, 4.69) is 6.08 Å². The maximum Gasteiger partial charge on any atom is 0.308 e. The number of cyclic esters (lactones) is 1. The summed E-state index contributed by atoms with van der Waals surface area (Å²) in [5.74, 6) is -0.301. The fraction of sp³-hybridized carbons (Fsp3) is 0.643. The van der Waals surface area contributed by atoms with Gasteiger partial charge in [-0.05, 0) is 26.2 Å². The van der Waals surface area contributed by atoms with Crippen molar-refractivity contribution in [2.75, 3.05) is 0 Å². The summed E-state index contributed by atoms with van der Waals surface area (Å²) in [5.41, 5.74) is 0. The van der Waals surface area contributed by atoms with E-state index in [1.165, 1.54) is 0 Å². The SMILES string of the molecule is C[C@H]1CCC/C=C/[C@H]2C=C[C@H](O)[C@H](CC(=O)O1)O2. The van der Waals surface area contributed by atoms with Crippen LogP contribution < -0.4 is 0 Å². The van der Waals surface area contributed by atoms with Crippen molar-refractivity contribution in [3.8, 4) is 0 Å². The Bertz CT molecular complexity index is 348. The van der Waals surface area contributed by atoms with Crippen molar-refractivity contribution in [2.24, 2.45) is 0 Å². The third kappa shape index (κ3) is 3.68. The van der Waals surface area contributed by atoms with E-state index >= 15 is 0 Å². The Morgan fingerprint density at radius 1 is 1.33 bits per heavy atom. The lowest BCUT2D eigenvalue weighted by atomic mass is 10.0. The first-order valence-corrected chi connectivity index (χ1v) is 6.53. The molecule has 0 aromatic carbocycles. The molecule has 4 nitrogen and oxygen atoms in total. The molecule has 0 aliphatic carbocycles. The molecule has 2 bridgehead atoms. The highest BCUT2D eigenvalue weighted by Gasteiger charge is 2.28. The second-order valence-electron chi connectivity index (χ2n) is 4.88. The third-order valence-electron chi connectivity index (χ3n) is 3.22. The van der Waals surface area contributed by atoms with Crippen molar-refractivity contribution < 1.29 is 19.4 Å². The van der Waals surface area contributed by atoms with E-state index in [0.29, 0.717) is 0 Å². The Kier molecular flexibility index (Phi) is 4.55. The first-order valence-electron chi connectivity index (χ1n) is 6.53. The number of carbonyl (C=O) groups is 1. The number of rotatable bonds is 0. The summed E-state index contributed by atoms with van der Waals surface area (Å²) in [5, 5.41) is 9.77. The van der Waals surface area contributed by atoms with Gasteiger partial charge in [-0.1, -0.05) is 24.3 Å². The van der Waals surface area contributed by atoms with Gasteiger partial charge in [0.1, 0.15) is 0 Å². The number of aliphatic hydroxyl groups is 1. The fourth-order valence-electron chi connectivity index (χ4n) is 2.20. The van der Waals surface area contributed by atoms with Crippen LogP contribution in [0.5, 0.6) is 0 Å². The van der Waals surface area contributed by atoms with Crippen molar-refractivity contribution in [1.29, 1.82) is 0 Å². The monoisotopic (exact) mass is 252 g/mol. The van der Waals surface area contributed by atoms with Crippen LogP contribution in [-0.4, -0.2) is 35.5 Å². The lowest BCUT2D eigenvalue weighted by Gasteiger charge is -2.28. The van der Waals surface area contributed by atoms with E-state index in [1.807, 2.05) is 19.1 Å². The van der Waals surface area contributed by atoms with Crippen molar-refractivity contribution in [1.82, 2.24) is 0 Å². The van der Waals surface area contributed by atoms with Gasteiger partial charge >= 0.3 is 5.97 Å². The van der Waals surface area contributed by atoms with Gasteiger partial charge < -0.3 is 14.6 Å². The van der Waals surface area contributed by atoms with Crippen LogP contribution >= 0.6 is 0 Å². The van der Waals surface area contributed by atoms with Crippen LogP contribution in [0.25, 0.3) is 0 Å². The van der Waals surface area contributed by atoms with Crippen LogP contribution in [0.2, 0.25) is 0 Å². The molecular weight excluding hydrogens is 232 g/mol. The number of hydrogen-bond donors (Lipinski definition) is 1. The van der Waals surface area contributed by atoms with Gasteiger partial charge in [0.2, 0.25) is 0 Å². The average Bonchev–Trinajstić information content (AvgIpc) is 2.31. The zero-order valence-corrected chi connectivity index (χ0v) is 10.6. The molecular formula is C14H20O4. The minimum Gasteiger partial charge on any atom is -0.463 e. The van der Waals surface area contributed by atoms with Gasteiger partial charge in [-0.25, -0.2) is 0 Å². The van der Waals surface area contributed by atoms with E-state index in [9.17, 15) is 9.90 Å². The largest absolute Gasteiger partial charge is 0.463 e. The zero-order chi connectivity index (χ0) is 13.0. The standard InChI is InChI=1S/C14H20O4/c1-10-5-3-2-4-6-11-7-8-12(15)13(18-11)9-14(16)17-10/h4,6-8,10-13,15H,2-3,5,9H2,1H3/b6-4+/t10-,11-,12-,13-/m0/s1. The molecule has 1 N–H and O–H groups in total. The lowest BCUT2D eigenvalue weighted by molar-refractivity contribution is -0.154. The second-order valence-corrected chi connectivity index (χ2v) is 4.88.